The minimum absolute atomic E-state index is 0.105. The van der Waals surface area contributed by atoms with Gasteiger partial charge in [0, 0.05) is 46.1 Å². The number of anilines is 2. The Morgan fingerprint density at radius 2 is 1.79 bits per heavy atom. The molecule has 1 aromatic heterocycles. The van der Waals surface area contributed by atoms with E-state index in [1.54, 1.807) is 47.4 Å². The zero-order valence-electron chi connectivity index (χ0n) is 16.7. The van der Waals surface area contributed by atoms with Crippen LogP contribution in [-0.4, -0.2) is 56.6 Å². The van der Waals surface area contributed by atoms with Gasteiger partial charge in [0.25, 0.3) is 5.91 Å². The van der Waals surface area contributed by atoms with Crippen molar-refractivity contribution >= 4 is 27.3 Å². The normalized spacial score (nSPS) is 11.5. The van der Waals surface area contributed by atoms with Crippen molar-refractivity contribution in [2.24, 2.45) is 0 Å². The summed E-state index contributed by atoms with van der Waals surface area (Å²) in [5.41, 5.74) is 2.29. The number of amides is 1. The molecule has 0 atom stereocenters. The highest BCUT2D eigenvalue weighted by Gasteiger charge is 2.20. The maximum absolute atomic E-state index is 12.9. The van der Waals surface area contributed by atoms with Gasteiger partial charge in [0.2, 0.25) is 10.0 Å². The first-order valence-corrected chi connectivity index (χ1v) is 10.3. The predicted molar refractivity (Wildman–Crippen MR) is 113 cm³/mol. The van der Waals surface area contributed by atoms with Crippen molar-refractivity contribution < 1.29 is 13.2 Å². The van der Waals surface area contributed by atoms with Crippen molar-refractivity contribution in [1.29, 1.82) is 0 Å². The van der Waals surface area contributed by atoms with Gasteiger partial charge >= 0.3 is 0 Å². The molecule has 0 saturated heterocycles. The lowest BCUT2D eigenvalue weighted by atomic mass is 10.1. The van der Waals surface area contributed by atoms with Crippen LogP contribution < -0.4 is 10.2 Å². The van der Waals surface area contributed by atoms with E-state index in [2.05, 4.69) is 10.4 Å². The van der Waals surface area contributed by atoms with Gasteiger partial charge in [0.05, 0.1) is 22.0 Å². The Hall–Kier alpha value is -3.17. The highest BCUT2D eigenvalue weighted by atomic mass is 32.2. The van der Waals surface area contributed by atoms with Crippen molar-refractivity contribution in [3.8, 4) is 5.69 Å². The number of carbonyl (C=O) groups is 1. The monoisotopic (exact) mass is 413 g/mol. The maximum atomic E-state index is 12.9. The molecule has 0 fully saturated rings. The molecule has 29 heavy (non-hydrogen) atoms. The van der Waals surface area contributed by atoms with Gasteiger partial charge in [-0.3, -0.25) is 4.79 Å². The third-order valence-electron chi connectivity index (χ3n) is 4.35. The summed E-state index contributed by atoms with van der Waals surface area (Å²) >= 11 is 0. The highest BCUT2D eigenvalue weighted by Crippen LogP contribution is 2.29. The Kier molecular flexibility index (Phi) is 5.71. The fraction of sp³-hybridized carbons (Fsp3) is 0.200. The molecular formula is C20H23N5O3S. The Labute approximate surface area is 170 Å². The van der Waals surface area contributed by atoms with Gasteiger partial charge in [-0.15, -0.1) is 0 Å². The molecule has 0 aliphatic heterocycles. The van der Waals surface area contributed by atoms with E-state index in [0.717, 1.165) is 9.99 Å². The van der Waals surface area contributed by atoms with Crippen LogP contribution in [0.2, 0.25) is 0 Å². The second-order valence-electron chi connectivity index (χ2n) is 6.82. The summed E-state index contributed by atoms with van der Waals surface area (Å²) in [6.07, 6.45) is 3.45. The van der Waals surface area contributed by atoms with Crippen LogP contribution in [-0.2, 0) is 10.0 Å². The van der Waals surface area contributed by atoms with Crippen molar-refractivity contribution in [3.05, 3.63) is 66.5 Å². The lowest BCUT2D eigenvalue weighted by Crippen LogP contribution is -2.23. The Bertz CT molecular complexity index is 1120. The molecule has 3 rings (SSSR count). The van der Waals surface area contributed by atoms with Crippen molar-refractivity contribution in [3.63, 3.8) is 0 Å². The Balaban J connectivity index is 1.96. The van der Waals surface area contributed by atoms with Gasteiger partial charge in [-0.2, -0.15) is 5.10 Å². The van der Waals surface area contributed by atoms with Crippen LogP contribution in [0.5, 0.6) is 0 Å². The van der Waals surface area contributed by atoms with Crippen molar-refractivity contribution in [2.45, 2.75) is 4.90 Å². The SMILES string of the molecule is CN(C)c1ccc(S(=O)(=O)N(C)C)cc1NC(=O)c1cccc(-n2cccn2)c1. The third-order valence-corrected chi connectivity index (χ3v) is 6.16. The molecule has 3 aromatic rings. The zero-order chi connectivity index (χ0) is 21.2. The molecule has 8 nitrogen and oxygen atoms in total. The summed E-state index contributed by atoms with van der Waals surface area (Å²) in [7, 11) is 2.95. The van der Waals surface area contributed by atoms with Gasteiger partial charge in [-0.25, -0.2) is 17.4 Å². The summed E-state index contributed by atoms with van der Waals surface area (Å²) in [5, 5.41) is 7.01. The number of sulfonamides is 1. The maximum Gasteiger partial charge on any atom is 0.255 e. The Morgan fingerprint density at radius 3 is 2.41 bits per heavy atom. The van der Waals surface area contributed by atoms with E-state index < -0.39 is 10.0 Å². The molecule has 0 aliphatic carbocycles. The molecule has 1 heterocycles. The minimum Gasteiger partial charge on any atom is -0.376 e. The van der Waals surface area contributed by atoms with E-state index in [1.807, 2.05) is 25.1 Å². The van der Waals surface area contributed by atoms with Gasteiger partial charge in [-0.05, 0) is 42.5 Å². The lowest BCUT2D eigenvalue weighted by Gasteiger charge is -2.20. The molecule has 152 valence electrons. The van der Waals surface area contributed by atoms with Gasteiger partial charge < -0.3 is 10.2 Å². The first-order valence-electron chi connectivity index (χ1n) is 8.85. The molecule has 0 bridgehead atoms. The molecule has 2 aromatic carbocycles. The van der Waals surface area contributed by atoms with Crippen LogP contribution in [0.1, 0.15) is 10.4 Å². The molecule has 1 amide bonds. The van der Waals surface area contributed by atoms with Gasteiger partial charge in [0.1, 0.15) is 0 Å². The topological polar surface area (TPSA) is 87.5 Å². The van der Waals surface area contributed by atoms with E-state index in [1.165, 1.54) is 26.2 Å². The van der Waals surface area contributed by atoms with E-state index >= 15 is 0 Å². The number of hydrogen-bond acceptors (Lipinski definition) is 5. The Morgan fingerprint density at radius 1 is 1.03 bits per heavy atom. The largest absolute Gasteiger partial charge is 0.376 e. The average Bonchev–Trinajstić information content (AvgIpc) is 3.22. The molecule has 0 aliphatic rings. The summed E-state index contributed by atoms with van der Waals surface area (Å²) in [6, 6.07) is 13.5. The fourth-order valence-electron chi connectivity index (χ4n) is 2.78. The molecule has 1 N–H and O–H groups in total. The van der Waals surface area contributed by atoms with Crippen LogP contribution in [0, 0.1) is 0 Å². The van der Waals surface area contributed by atoms with Crippen LogP contribution in [0.4, 0.5) is 11.4 Å². The second kappa shape index (κ2) is 8.06. The summed E-state index contributed by atoms with van der Waals surface area (Å²) in [6.45, 7) is 0. The average molecular weight is 414 g/mol. The number of benzene rings is 2. The highest BCUT2D eigenvalue weighted by molar-refractivity contribution is 7.89. The summed E-state index contributed by atoms with van der Waals surface area (Å²) < 4.78 is 27.8. The first-order chi connectivity index (χ1) is 13.7. The zero-order valence-corrected chi connectivity index (χ0v) is 17.5. The summed E-state index contributed by atoms with van der Waals surface area (Å²) in [4.78, 5) is 14.8. The minimum atomic E-state index is -3.63. The second-order valence-corrected chi connectivity index (χ2v) is 8.97. The number of carbonyl (C=O) groups excluding carboxylic acids is 1. The number of hydrogen-bond donors (Lipinski definition) is 1. The molecule has 0 saturated carbocycles. The molecule has 9 heteroatoms. The molecule has 0 unspecified atom stereocenters. The molecule has 0 spiro atoms. The standard InChI is InChI=1S/C20H23N5O3S/c1-23(2)19-10-9-17(29(27,28)24(3)4)14-18(19)22-20(26)15-7-5-8-16(13-15)25-12-6-11-21-25/h5-14H,1-4H3,(H,22,26). The van der Waals surface area contributed by atoms with Crippen LogP contribution in [0.25, 0.3) is 5.69 Å². The van der Waals surface area contributed by atoms with E-state index in [4.69, 9.17) is 0 Å². The van der Waals surface area contributed by atoms with Crippen LogP contribution in [0.15, 0.2) is 65.8 Å². The number of aromatic nitrogens is 2. The predicted octanol–water partition coefficient (Wildman–Crippen LogP) is 2.44. The van der Waals surface area contributed by atoms with Gasteiger partial charge in [-0.1, -0.05) is 6.07 Å². The summed E-state index contributed by atoms with van der Waals surface area (Å²) in [5.74, 6) is -0.346. The van der Waals surface area contributed by atoms with Crippen LogP contribution >= 0.6 is 0 Å². The first kappa shape index (κ1) is 20.6. The third kappa shape index (κ3) is 4.30. The molecular weight excluding hydrogens is 390 g/mol. The van der Waals surface area contributed by atoms with Crippen molar-refractivity contribution in [1.82, 2.24) is 14.1 Å². The van der Waals surface area contributed by atoms with Gasteiger partial charge in [0.15, 0.2) is 0 Å². The van der Waals surface area contributed by atoms with Crippen molar-refractivity contribution in [2.75, 3.05) is 38.4 Å². The van der Waals surface area contributed by atoms with E-state index in [0.29, 0.717) is 16.9 Å². The number of nitrogens with one attached hydrogen (secondary N) is 1. The number of nitrogens with zero attached hydrogens (tertiary/aromatic N) is 4. The number of rotatable bonds is 6. The lowest BCUT2D eigenvalue weighted by molar-refractivity contribution is 0.102. The fourth-order valence-corrected chi connectivity index (χ4v) is 3.71. The quantitative estimate of drug-likeness (QED) is 0.671. The van der Waals surface area contributed by atoms with E-state index in [9.17, 15) is 13.2 Å². The van der Waals surface area contributed by atoms with E-state index in [-0.39, 0.29) is 10.8 Å². The van der Waals surface area contributed by atoms with Crippen LogP contribution in [0.3, 0.4) is 0 Å². The molecule has 0 radical (unpaired) electrons. The smallest absolute Gasteiger partial charge is 0.255 e.